The first-order valence-electron chi connectivity index (χ1n) is 8.11. The molecule has 2 aliphatic carbocycles. The fraction of sp³-hybridized carbons (Fsp3) is 0.824. The third kappa shape index (κ3) is 3.84. The van der Waals surface area contributed by atoms with Crippen LogP contribution in [0.3, 0.4) is 0 Å². The fourth-order valence-corrected chi connectivity index (χ4v) is 3.71. The molecule has 2 nitrogen and oxygen atoms in total. The summed E-state index contributed by atoms with van der Waals surface area (Å²) in [6, 6.07) is 0. The number of esters is 1. The second kappa shape index (κ2) is 7.12. The first kappa shape index (κ1) is 14.6. The number of carbonyl (C=O) groups is 1. The molecule has 0 aromatic heterocycles. The molecule has 2 aliphatic rings. The number of carbonyl (C=O) groups excluding carboxylic acids is 1. The summed E-state index contributed by atoms with van der Waals surface area (Å²) in [7, 11) is 0. The van der Waals surface area contributed by atoms with Gasteiger partial charge in [-0.15, -0.1) is 0 Å². The van der Waals surface area contributed by atoms with Gasteiger partial charge in [-0.3, -0.25) is 0 Å². The van der Waals surface area contributed by atoms with Crippen molar-refractivity contribution in [2.24, 2.45) is 11.8 Å². The van der Waals surface area contributed by atoms with E-state index in [1.54, 1.807) is 0 Å². The van der Waals surface area contributed by atoms with E-state index in [-0.39, 0.29) is 12.1 Å². The van der Waals surface area contributed by atoms with Gasteiger partial charge in [0.2, 0.25) is 0 Å². The molecule has 108 valence electrons. The zero-order chi connectivity index (χ0) is 13.7. The Bertz CT molecular complexity index is 321. The molecule has 0 aromatic rings. The highest BCUT2D eigenvalue weighted by atomic mass is 16.5. The smallest absolute Gasteiger partial charge is 0.333 e. The fourth-order valence-electron chi connectivity index (χ4n) is 3.71. The number of hydrogen-bond acceptors (Lipinski definition) is 2. The molecule has 0 heterocycles. The molecule has 0 radical (unpaired) electrons. The van der Waals surface area contributed by atoms with E-state index in [9.17, 15) is 4.79 Å². The van der Waals surface area contributed by atoms with Gasteiger partial charge in [0.15, 0.2) is 0 Å². The van der Waals surface area contributed by atoms with Crippen molar-refractivity contribution in [2.45, 2.75) is 77.2 Å². The molecule has 0 saturated heterocycles. The Kier molecular flexibility index (Phi) is 5.47. The van der Waals surface area contributed by atoms with Crippen LogP contribution in [0.2, 0.25) is 0 Å². The number of hydrogen-bond donors (Lipinski definition) is 0. The van der Waals surface area contributed by atoms with Gasteiger partial charge in [0, 0.05) is 5.57 Å². The zero-order valence-electron chi connectivity index (χ0n) is 12.3. The number of rotatable bonds is 5. The van der Waals surface area contributed by atoms with E-state index < -0.39 is 0 Å². The summed E-state index contributed by atoms with van der Waals surface area (Å²) in [6.45, 7) is 6.01. The molecule has 2 fully saturated rings. The lowest BCUT2D eigenvalue weighted by Gasteiger charge is -2.23. The van der Waals surface area contributed by atoms with Crippen LogP contribution in [-0.4, -0.2) is 12.1 Å². The molecule has 0 bridgehead atoms. The van der Waals surface area contributed by atoms with E-state index in [0.29, 0.717) is 11.5 Å². The van der Waals surface area contributed by atoms with Crippen molar-refractivity contribution in [2.75, 3.05) is 0 Å². The third-order valence-corrected chi connectivity index (χ3v) is 4.90. The van der Waals surface area contributed by atoms with Crippen molar-refractivity contribution >= 4 is 5.97 Å². The quantitative estimate of drug-likeness (QED) is 0.534. The molecular formula is C17H28O2. The average molecular weight is 264 g/mol. The van der Waals surface area contributed by atoms with Gasteiger partial charge in [0.25, 0.3) is 0 Å². The van der Waals surface area contributed by atoms with Crippen molar-refractivity contribution in [3.8, 4) is 0 Å². The Morgan fingerprint density at radius 3 is 2.74 bits per heavy atom. The van der Waals surface area contributed by atoms with Crippen molar-refractivity contribution in [3.05, 3.63) is 12.2 Å². The van der Waals surface area contributed by atoms with E-state index in [1.165, 1.54) is 38.5 Å². The molecule has 0 aromatic carbocycles. The Labute approximate surface area is 117 Å². The molecular weight excluding hydrogens is 236 g/mol. The Morgan fingerprint density at radius 1 is 1.16 bits per heavy atom. The van der Waals surface area contributed by atoms with Gasteiger partial charge in [-0.2, -0.15) is 0 Å². The Hall–Kier alpha value is -0.790. The van der Waals surface area contributed by atoms with E-state index >= 15 is 0 Å². The van der Waals surface area contributed by atoms with Gasteiger partial charge >= 0.3 is 5.97 Å². The minimum Gasteiger partial charge on any atom is -0.459 e. The Balaban J connectivity index is 1.85. The highest BCUT2D eigenvalue weighted by Crippen LogP contribution is 2.42. The number of fused-ring (bicyclic) bond motifs is 1. The monoisotopic (exact) mass is 264 g/mol. The molecule has 2 rings (SSSR count). The second-order valence-electron chi connectivity index (χ2n) is 6.29. The van der Waals surface area contributed by atoms with E-state index in [4.69, 9.17) is 4.74 Å². The highest BCUT2D eigenvalue weighted by molar-refractivity contribution is 5.87. The molecule has 3 unspecified atom stereocenters. The molecule has 0 N–H and O–H groups in total. The number of unbranched alkanes of at least 4 members (excludes halogenated alkanes) is 1. The number of ether oxygens (including phenoxy) is 1. The Morgan fingerprint density at radius 2 is 1.95 bits per heavy atom. The van der Waals surface area contributed by atoms with E-state index in [1.807, 2.05) is 0 Å². The van der Waals surface area contributed by atoms with Crippen LogP contribution in [0.15, 0.2) is 12.2 Å². The van der Waals surface area contributed by atoms with Crippen LogP contribution in [0.5, 0.6) is 0 Å². The normalized spacial score (nSPS) is 30.5. The predicted octanol–water partition coefficient (Wildman–Crippen LogP) is 4.63. The molecule has 3 atom stereocenters. The second-order valence-corrected chi connectivity index (χ2v) is 6.29. The van der Waals surface area contributed by atoms with Gasteiger partial charge in [-0.1, -0.05) is 45.6 Å². The topological polar surface area (TPSA) is 26.3 Å². The largest absolute Gasteiger partial charge is 0.459 e. The zero-order valence-corrected chi connectivity index (χ0v) is 12.3. The van der Waals surface area contributed by atoms with Crippen LogP contribution in [0.4, 0.5) is 0 Å². The molecule has 2 heteroatoms. The highest BCUT2D eigenvalue weighted by Gasteiger charge is 2.38. The van der Waals surface area contributed by atoms with Gasteiger partial charge in [-0.25, -0.2) is 4.79 Å². The maximum Gasteiger partial charge on any atom is 0.333 e. The lowest BCUT2D eigenvalue weighted by molar-refractivity contribution is -0.146. The molecule has 0 spiro atoms. The maximum absolute atomic E-state index is 12.0. The minimum absolute atomic E-state index is 0.136. The van der Waals surface area contributed by atoms with Crippen LogP contribution >= 0.6 is 0 Å². The maximum atomic E-state index is 12.0. The van der Waals surface area contributed by atoms with E-state index in [0.717, 1.165) is 31.6 Å². The van der Waals surface area contributed by atoms with Gasteiger partial charge < -0.3 is 4.74 Å². The lowest BCUT2D eigenvalue weighted by Crippen LogP contribution is -2.25. The first-order valence-corrected chi connectivity index (χ1v) is 8.11. The van der Waals surface area contributed by atoms with Crippen molar-refractivity contribution in [3.63, 3.8) is 0 Å². The van der Waals surface area contributed by atoms with Crippen LogP contribution in [0, 0.1) is 11.8 Å². The summed E-state index contributed by atoms with van der Waals surface area (Å²) in [6.07, 6.45) is 12.1. The molecule has 2 saturated carbocycles. The van der Waals surface area contributed by atoms with Crippen LogP contribution in [0.1, 0.15) is 71.1 Å². The standard InChI is InChI=1S/C17H28O2/c1-3-4-8-13(2)17(18)19-16-12-11-14-9-6-5-7-10-15(14)16/h14-16H,2-12H2,1H3. The van der Waals surface area contributed by atoms with Crippen molar-refractivity contribution in [1.29, 1.82) is 0 Å². The summed E-state index contributed by atoms with van der Waals surface area (Å²) in [5.41, 5.74) is 0.666. The first-order chi connectivity index (χ1) is 9.22. The van der Waals surface area contributed by atoms with E-state index in [2.05, 4.69) is 13.5 Å². The summed E-state index contributed by atoms with van der Waals surface area (Å²) < 4.78 is 5.76. The average Bonchev–Trinajstić information content (AvgIpc) is 2.64. The van der Waals surface area contributed by atoms with Crippen LogP contribution in [0.25, 0.3) is 0 Å². The molecule has 0 amide bonds. The van der Waals surface area contributed by atoms with Crippen molar-refractivity contribution < 1.29 is 9.53 Å². The van der Waals surface area contributed by atoms with Gasteiger partial charge in [0.1, 0.15) is 6.10 Å². The summed E-state index contributed by atoms with van der Waals surface area (Å²) in [4.78, 5) is 12.0. The summed E-state index contributed by atoms with van der Waals surface area (Å²) in [5.74, 6) is 1.30. The van der Waals surface area contributed by atoms with Gasteiger partial charge in [0.05, 0.1) is 0 Å². The van der Waals surface area contributed by atoms with Gasteiger partial charge in [-0.05, 0) is 43.9 Å². The summed E-state index contributed by atoms with van der Waals surface area (Å²) >= 11 is 0. The lowest BCUT2D eigenvalue weighted by atomic mass is 9.90. The molecule has 19 heavy (non-hydrogen) atoms. The van der Waals surface area contributed by atoms with Crippen LogP contribution < -0.4 is 0 Å². The van der Waals surface area contributed by atoms with Crippen LogP contribution in [-0.2, 0) is 9.53 Å². The molecule has 0 aliphatic heterocycles. The minimum atomic E-state index is -0.136. The SMILES string of the molecule is C=C(CCCC)C(=O)OC1CCC2CCCCCC21. The summed E-state index contributed by atoms with van der Waals surface area (Å²) in [5, 5.41) is 0. The van der Waals surface area contributed by atoms with Crippen molar-refractivity contribution in [1.82, 2.24) is 0 Å². The predicted molar refractivity (Wildman–Crippen MR) is 77.8 cm³/mol. The third-order valence-electron chi connectivity index (χ3n) is 4.90.